The average molecular weight is 289 g/mol. The Morgan fingerprint density at radius 1 is 1.24 bits per heavy atom. The molecule has 3 rings (SSSR count). The highest BCUT2D eigenvalue weighted by Gasteiger charge is 2.37. The fraction of sp³-hybridized carbons (Fsp3) is 0.667. The Kier molecular flexibility index (Phi) is 4.81. The molecule has 0 saturated carbocycles. The Morgan fingerprint density at radius 2 is 2.05 bits per heavy atom. The molecule has 0 spiro atoms. The molecule has 1 atom stereocenters. The van der Waals surface area contributed by atoms with Gasteiger partial charge in [0.15, 0.2) is 0 Å². The van der Waals surface area contributed by atoms with E-state index in [1.165, 1.54) is 31.2 Å². The zero-order valence-electron chi connectivity index (χ0n) is 13.1. The number of para-hydroxylation sites is 1. The smallest absolute Gasteiger partial charge is 0.122 e. The maximum Gasteiger partial charge on any atom is 0.122 e. The summed E-state index contributed by atoms with van der Waals surface area (Å²) in [5.41, 5.74) is 1.78. The van der Waals surface area contributed by atoms with Gasteiger partial charge in [-0.3, -0.25) is 0 Å². The molecule has 0 aromatic heterocycles. The minimum Gasteiger partial charge on any atom is -0.493 e. The van der Waals surface area contributed by atoms with Gasteiger partial charge in [0, 0.05) is 31.2 Å². The second kappa shape index (κ2) is 6.80. The molecule has 0 radical (unpaired) electrons. The molecule has 1 aromatic rings. The standard InChI is InChI=1S/C18H27NO2/c1-2-9-19-14-18(7-10-20-11-8-18)12-15-13-21-17-6-4-3-5-16(15)17/h3-6,15,19H,2,7-14H2,1H3. The van der Waals surface area contributed by atoms with Crippen molar-refractivity contribution < 1.29 is 9.47 Å². The number of fused-ring (bicyclic) bond motifs is 1. The molecule has 3 heteroatoms. The minimum absolute atomic E-state index is 0.374. The number of nitrogens with one attached hydrogen (secondary N) is 1. The van der Waals surface area contributed by atoms with E-state index in [1.807, 2.05) is 0 Å². The van der Waals surface area contributed by atoms with Crippen LogP contribution in [0.5, 0.6) is 5.75 Å². The fourth-order valence-corrected chi connectivity index (χ4v) is 3.71. The van der Waals surface area contributed by atoms with Crippen LogP contribution in [-0.2, 0) is 4.74 Å². The maximum atomic E-state index is 5.87. The molecular weight excluding hydrogens is 262 g/mol. The van der Waals surface area contributed by atoms with E-state index >= 15 is 0 Å². The lowest BCUT2D eigenvalue weighted by Crippen LogP contribution is -2.40. The van der Waals surface area contributed by atoms with Crippen LogP contribution in [-0.4, -0.2) is 32.9 Å². The van der Waals surface area contributed by atoms with Gasteiger partial charge < -0.3 is 14.8 Å². The van der Waals surface area contributed by atoms with Crippen molar-refractivity contribution in [1.29, 1.82) is 0 Å². The van der Waals surface area contributed by atoms with E-state index in [0.29, 0.717) is 11.3 Å². The van der Waals surface area contributed by atoms with E-state index in [1.54, 1.807) is 0 Å². The lowest BCUT2D eigenvalue weighted by atomic mass is 9.72. The number of rotatable bonds is 6. The van der Waals surface area contributed by atoms with Gasteiger partial charge in [-0.1, -0.05) is 25.1 Å². The van der Waals surface area contributed by atoms with Crippen molar-refractivity contribution in [3.8, 4) is 5.75 Å². The minimum atomic E-state index is 0.374. The van der Waals surface area contributed by atoms with Gasteiger partial charge in [0.1, 0.15) is 5.75 Å². The number of hydrogen-bond acceptors (Lipinski definition) is 3. The molecule has 3 nitrogen and oxygen atoms in total. The van der Waals surface area contributed by atoms with Crippen LogP contribution in [0.2, 0.25) is 0 Å². The summed E-state index contributed by atoms with van der Waals surface area (Å²) in [7, 11) is 0. The first kappa shape index (κ1) is 14.9. The Balaban J connectivity index is 1.70. The summed E-state index contributed by atoms with van der Waals surface area (Å²) in [5.74, 6) is 1.63. The second-order valence-electron chi connectivity index (χ2n) is 6.54. The average Bonchev–Trinajstić information content (AvgIpc) is 2.92. The summed E-state index contributed by atoms with van der Waals surface area (Å²) in [6, 6.07) is 8.53. The molecule has 1 saturated heterocycles. The van der Waals surface area contributed by atoms with Crippen molar-refractivity contribution in [2.24, 2.45) is 5.41 Å². The number of hydrogen-bond donors (Lipinski definition) is 1. The predicted octanol–water partition coefficient (Wildman–Crippen LogP) is 3.35. The van der Waals surface area contributed by atoms with Crippen LogP contribution in [0, 0.1) is 5.41 Å². The summed E-state index contributed by atoms with van der Waals surface area (Å²) < 4.78 is 11.5. The third-order valence-electron chi connectivity index (χ3n) is 4.96. The molecule has 116 valence electrons. The summed E-state index contributed by atoms with van der Waals surface area (Å²) in [5, 5.41) is 3.65. The summed E-state index contributed by atoms with van der Waals surface area (Å²) in [6.45, 7) is 7.11. The van der Waals surface area contributed by atoms with Gasteiger partial charge in [0.25, 0.3) is 0 Å². The zero-order chi connectivity index (χ0) is 14.5. The topological polar surface area (TPSA) is 30.5 Å². The van der Waals surface area contributed by atoms with Crippen LogP contribution in [0.25, 0.3) is 0 Å². The van der Waals surface area contributed by atoms with Crippen molar-refractivity contribution in [2.75, 3.05) is 32.9 Å². The van der Waals surface area contributed by atoms with Crippen molar-refractivity contribution in [3.05, 3.63) is 29.8 Å². The molecule has 1 unspecified atom stereocenters. The van der Waals surface area contributed by atoms with Crippen LogP contribution in [0.15, 0.2) is 24.3 Å². The summed E-state index contributed by atoms with van der Waals surface area (Å²) in [6.07, 6.45) is 4.75. The zero-order valence-corrected chi connectivity index (χ0v) is 13.1. The molecule has 1 aromatic carbocycles. The molecule has 21 heavy (non-hydrogen) atoms. The molecule has 1 N–H and O–H groups in total. The van der Waals surface area contributed by atoms with Crippen molar-refractivity contribution >= 4 is 0 Å². The number of benzene rings is 1. The SMILES string of the molecule is CCCNCC1(CC2COc3ccccc32)CCOCC1. The van der Waals surface area contributed by atoms with E-state index in [4.69, 9.17) is 9.47 Å². The third-order valence-corrected chi connectivity index (χ3v) is 4.96. The van der Waals surface area contributed by atoms with Crippen LogP contribution in [0.1, 0.15) is 44.1 Å². The van der Waals surface area contributed by atoms with E-state index in [9.17, 15) is 0 Å². The van der Waals surface area contributed by atoms with Gasteiger partial charge in [0.05, 0.1) is 6.61 Å². The Hall–Kier alpha value is -1.06. The number of ether oxygens (including phenoxy) is 2. The Bertz CT molecular complexity index is 454. The lowest BCUT2D eigenvalue weighted by molar-refractivity contribution is 0.00601. The van der Waals surface area contributed by atoms with Gasteiger partial charge in [-0.25, -0.2) is 0 Å². The normalized spacial score (nSPS) is 23.6. The molecular formula is C18H27NO2. The molecule has 0 bridgehead atoms. The highest BCUT2D eigenvalue weighted by Crippen LogP contribution is 2.44. The van der Waals surface area contributed by atoms with E-state index in [2.05, 4.69) is 36.5 Å². The molecule has 2 heterocycles. The van der Waals surface area contributed by atoms with Gasteiger partial charge in [-0.15, -0.1) is 0 Å². The maximum absolute atomic E-state index is 5.87. The highest BCUT2D eigenvalue weighted by atomic mass is 16.5. The van der Waals surface area contributed by atoms with E-state index < -0.39 is 0 Å². The Morgan fingerprint density at radius 3 is 2.86 bits per heavy atom. The molecule has 2 aliphatic rings. The van der Waals surface area contributed by atoms with Crippen LogP contribution >= 0.6 is 0 Å². The van der Waals surface area contributed by atoms with Crippen molar-refractivity contribution in [1.82, 2.24) is 5.32 Å². The van der Waals surface area contributed by atoms with Crippen LogP contribution < -0.4 is 10.1 Å². The molecule has 0 amide bonds. The first-order chi connectivity index (χ1) is 10.3. The third kappa shape index (κ3) is 3.41. The van der Waals surface area contributed by atoms with Gasteiger partial charge in [-0.2, -0.15) is 0 Å². The summed E-state index contributed by atoms with van der Waals surface area (Å²) >= 11 is 0. The van der Waals surface area contributed by atoms with E-state index in [0.717, 1.165) is 38.7 Å². The predicted molar refractivity (Wildman–Crippen MR) is 84.9 cm³/mol. The molecule has 0 aliphatic carbocycles. The lowest BCUT2D eigenvalue weighted by Gasteiger charge is -2.39. The van der Waals surface area contributed by atoms with Crippen LogP contribution in [0.3, 0.4) is 0 Å². The quantitative estimate of drug-likeness (QED) is 0.815. The van der Waals surface area contributed by atoms with Crippen LogP contribution in [0.4, 0.5) is 0 Å². The first-order valence-electron chi connectivity index (χ1n) is 8.33. The summed E-state index contributed by atoms with van der Waals surface area (Å²) in [4.78, 5) is 0. The van der Waals surface area contributed by atoms with Crippen molar-refractivity contribution in [3.63, 3.8) is 0 Å². The van der Waals surface area contributed by atoms with Crippen molar-refractivity contribution in [2.45, 2.75) is 38.5 Å². The molecule has 2 aliphatic heterocycles. The first-order valence-corrected chi connectivity index (χ1v) is 8.33. The Labute approximate surface area is 128 Å². The van der Waals surface area contributed by atoms with Gasteiger partial charge in [0.2, 0.25) is 0 Å². The van der Waals surface area contributed by atoms with E-state index in [-0.39, 0.29) is 0 Å². The largest absolute Gasteiger partial charge is 0.493 e. The monoisotopic (exact) mass is 289 g/mol. The fourth-order valence-electron chi connectivity index (χ4n) is 3.71. The molecule has 1 fully saturated rings. The van der Waals surface area contributed by atoms with Gasteiger partial charge in [-0.05, 0) is 43.7 Å². The highest BCUT2D eigenvalue weighted by molar-refractivity contribution is 5.39. The van der Waals surface area contributed by atoms with Gasteiger partial charge >= 0.3 is 0 Å². The second-order valence-corrected chi connectivity index (χ2v) is 6.54.